The maximum Gasteiger partial charge on any atom is 0.264 e. The van der Waals surface area contributed by atoms with E-state index in [0.29, 0.717) is 5.56 Å². The van der Waals surface area contributed by atoms with Crippen LogP contribution in [0.4, 0.5) is 10.1 Å². The van der Waals surface area contributed by atoms with Crippen molar-refractivity contribution in [2.24, 2.45) is 5.10 Å². The molecule has 0 saturated carbocycles. The van der Waals surface area contributed by atoms with Crippen molar-refractivity contribution in [2.75, 3.05) is 10.8 Å². The second kappa shape index (κ2) is 9.19. The summed E-state index contributed by atoms with van der Waals surface area (Å²) in [6.07, 6.45) is 1.24. The number of para-hydroxylation sites is 1. The molecule has 0 bridgehead atoms. The molecule has 0 saturated heterocycles. The zero-order valence-corrected chi connectivity index (χ0v) is 16.5. The minimum atomic E-state index is -4.09. The molecule has 3 aromatic carbocycles. The Balaban J connectivity index is 1.83. The first-order chi connectivity index (χ1) is 14.4. The third kappa shape index (κ3) is 5.00. The fourth-order valence-electron chi connectivity index (χ4n) is 2.58. The minimum absolute atomic E-state index is 0.0140. The van der Waals surface area contributed by atoms with Gasteiger partial charge in [-0.15, -0.1) is 0 Å². The highest BCUT2D eigenvalue weighted by atomic mass is 32.2. The average Bonchev–Trinajstić information content (AvgIpc) is 2.75. The molecule has 30 heavy (non-hydrogen) atoms. The summed E-state index contributed by atoms with van der Waals surface area (Å²) in [6.45, 7) is -0.582. The third-order valence-electron chi connectivity index (χ3n) is 4.06. The van der Waals surface area contributed by atoms with E-state index in [4.69, 9.17) is 0 Å². The number of phenolic OH excluding ortho intramolecular Hbond substituents is 1. The summed E-state index contributed by atoms with van der Waals surface area (Å²) in [5, 5.41) is 13.5. The number of benzene rings is 3. The Labute approximate surface area is 173 Å². The van der Waals surface area contributed by atoms with E-state index >= 15 is 0 Å². The van der Waals surface area contributed by atoms with E-state index in [-0.39, 0.29) is 16.3 Å². The first-order valence-corrected chi connectivity index (χ1v) is 10.3. The van der Waals surface area contributed by atoms with Crippen molar-refractivity contribution in [3.63, 3.8) is 0 Å². The molecule has 3 rings (SSSR count). The van der Waals surface area contributed by atoms with Crippen LogP contribution in [0.1, 0.15) is 5.56 Å². The van der Waals surface area contributed by atoms with Crippen LogP contribution in [0.5, 0.6) is 5.75 Å². The molecule has 0 spiro atoms. The van der Waals surface area contributed by atoms with Gasteiger partial charge in [0.15, 0.2) is 0 Å². The van der Waals surface area contributed by atoms with Gasteiger partial charge in [-0.2, -0.15) is 5.10 Å². The van der Waals surface area contributed by atoms with Crippen molar-refractivity contribution in [1.29, 1.82) is 0 Å². The predicted molar refractivity (Wildman–Crippen MR) is 111 cm³/mol. The van der Waals surface area contributed by atoms with E-state index < -0.39 is 28.3 Å². The lowest BCUT2D eigenvalue weighted by Gasteiger charge is -2.23. The smallest absolute Gasteiger partial charge is 0.264 e. The number of phenols is 1. The van der Waals surface area contributed by atoms with Gasteiger partial charge in [0, 0.05) is 5.56 Å². The molecule has 154 valence electrons. The van der Waals surface area contributed by atoms with Crippen molar-refractivity contribution in [3.8, 4) is 5.75 Å². The van der Waals surface area contributed by atoms with Gasteiger partial charge < -0.3 is 5.11 Å². The Hall–Kier alpha value is -3.72. The Kier molecular flexibility index (Phi) is 6.43. The first kappa shape index (κ1) is 21.0. The number of amides is 1. The van der Waals surface area contributed by atoms with E-state index in [0.717, 1.165) is 16.4 Å². The summed E-state index contributed by atoms with van der Waals surface area (Å²) in [7, 11) is -4.09. The zero-order valence-electron chi connectivity index (χ0n) is 15.6. The summed E-state index contributed by atoms with van der Waals surface area (Å²) in [6, 6.07) is 18.7. The van der Waals surface area contributed by atoms with E-state index in [9.17, 15) is 22.7 Å². The molecule has 3 aromatic rings. The molecule has 0 radical (unpaired) electrons. The van der Waals surface area contributed by atoms with Gasteiger partial charge in [0.1, 0.15) is 18.1 Å². The van der Waals surface area contributed by atoms with Crippen LogP contribution in [0.15, 0.2) is 88.9 Å². The van der Waals surface area contributed by atoms with Crippen LogP contribution in [0.3, 0.4) is 0 Å². The number of hydrogen-bond donors (Lipinski definition) is 2. The average molecular weight is 427 g/mol. The Morgan fingerprint density at radius 1 is 1.00 bits per heavy atom. The van der Waals surface area contributed by atoms with Crippen LogP contribution in [0, 0.1) is 5.82 Å². The highest BCUT2D eigenvalue weighted by molar-refractivity contribution is 7.92. The van der Waals surface area contributed by atoms with Crippen LogP contribution in [-0.4, -0.2) is 32.2 Å². The van der Waals surface area contributed by atoms with Crippen LogP contribution in [-0.2, 0) is 14.8 Å². The van der Waals surface area contributed by atoms with E-state index in [1.807, 2.05) is 0 Å². The highest BCUT2D eigenvalue weighted by Gasteiger charge is 2.27. The number of sulfonamides is 1. The number of anilines is 1. The van der Waals surface area contributed by atoms with Crippen LogP contribution in [0.25, 0.3) is 0 Å². The molecule has 0 heterocycles. The fraction of sp³-hybridized carbons (Fsp3) is 0.0476. The topological polar surface area (TPSA) is 99.1 Å². The molecule has 9 heteroatoms. The van der Waals surface area contributed by atoms with Crippen molar-refractivity contribution < 1.29 is 22.7 Å². The van der Waals surface area contributed by atoms with Gasteiger partial charge in [-0.25, -0.2) is 18.2 Å². The van der Waals surface area contributed by atoms with Crippen molar-refractivity contribution in [2.45, 2.75) is 4.90 Å². The maximum absolute atomic E-state index is 13.3. The van der Waals surface area contributed by atoms with Gasteiger partial charge in [-0.3, -0.25) is 9.10 Å². The first-order valence-electron chi connectivity index (χ1n) is 8.81. The number of nitrogens with zero attached hydrogens (tertiary/aromatic N) is 2. The molecule has 0 aliphatic heterocycles. The number of carbonyl (C=O) groups excluding carboxylic acids is 1. The number of hydrogen-bond acceptors (Lipinski definition) is 5. The molecule has 0 unspecified atom stereocenters. The van der Waals surface area contributed by atoms with Crippen molar-refractivity contribution in [1.82, 2.24) is 5.43 Å². The second-order valence-electron chi connectivity index (χ2n) is 6.15. The lowest BCUT2D eigenvalue weighted by Crippen LogP contribution is -2.39. The summed E-state index contributed by atoms with van der Waals surface area (Å²) < 4.78 is 40.3. The number of aromatic hydroxyl groups is 1. The lowest BCUT2D eigenvalue weighted by atomic mass is 10.2. The minimum Gasteiger partial charge on any atom is -0.507 e. The monoisotopic (exact) mass is 427 g/mol. The molecule has 0 aliphatic carbocycles. The summed E-state index contributed by atoms with van der Waals surface area (Å²) >= 11 is 0. The molecule has 2 N–H and O–H groups in total. The lowest BCUT2D eigenvalue weighted by molar-refractivity contribution is -0.119. The standard InChI is InChI=1S/C21H18FN3O4S/c22-17-10-12-18(13-11-17)25(30(28,29)19-7-2-1-3-8-19)15-21(27)24-23-14-16-6-4-5-9-20(16)26/h1-14,26H,15H2,(H,24,27)/b23-14-. The van der Waals surface area contributed by atoms with E-state index in [2.05, 4.69) is 10.5 Å². The van der Waals surface area contributed by atoms with Crippen molar-refractivity contribution >= 4 is 27.8 Å². The Morgan fingerprint density at radius 3 is 2.30 bits per heavy atom. The van der Waals surface area contributed by atoms with Crippen LogP contribution >= 0.6 is 0 Å². The number of rotatable bonds is 7. The summed E-state index contributed by atoms with van der Waals surface area (Å²) in [5.74, 6) is -1.27. The fourth-order valence-corrected chi connectivity index (χ4v) is 4.02. The second-order valence-corrected chi connectivity index (χ2v) is 8.02. The highest BCUT2D eigenvalue weighted by Crippen LogP contribution is 2.23. The number of halogens is 1. The SMILES string of the molecule is O=C(CN(c1ccc(F)cc1)S(=O)(=O)c1ccccc1)N/N=C\c1ccccc1O. The Morgan fingerprint density at radius 2 is 1.63 bits per heavy atom. The maximum atomic E-state index is 13.3. The van der Waals surface area contributed by atoms with Gasteiger partial charge in [-0.1, -0.05) is 30.3 Å². The molecular weight excluding hydrogens is 409 g/mol. The van der Waals surface area contributed by atoms with Crippen LogP contribution < -0.4 is 9.73 Å². The van der Waals surface area contributed by atoms with E-state index in [1.54, 1.807) is 36.4 Å². The quantitative estimate of drug-likeness (QED) is 0.447. The predicted octanol–water partition coefficient (Wildman–Crippen LogP) is 2.88. The number of nitrogens with one attached hydrogen (secondary N) is 1. The molecular formula is C21H18FN3O4S. The molecule has 1 amide bonds. The summed E-state index contributed by atoms with van der Waals surface area (Å²) in [4.78, 5) is 12.4. The largest absolute Gasteiger partial charge is 0.507 e. The zero-order chi connectivity index (χ0) is 21.6. The molecule has 0 fully saturated rings. The molecule has 0 atom stereocenters. The number of carbonyl (C=O) groups is 1. The molecule has 7 nitrogen and oxygen atoms in total. The van der Waals surface area contributed by atoms with Crippen molar-refractivity contribution in [3.05, 3.63) is 90.2 Å². The van der Waals surface area contributed by atoms with E-state index in [1.165, 1.54) is 36.5 Å². The van der Waals surface area contributed by atoms with Gasteiger partial charge in [-0.05, 0) is 48.5 Å². The third-order valence-corrected chi connectivity index (χ3v) is 5.85. The van der Waals surface area contributed by atoms with Gasteiger partial charge in [0.25, 0.3) is 15.9 Å². The molecule has 0 aromatic heterocycles. The summed E-state index contributed by atoms with van der Waals surface area (Å²) in [5.41, 5.74) is 2.74. The van der Waals surface area contributed by atoms with Gasteiger partial charge in [0.05, 0.1) is 16.8 Å². The normalized spacial score (nSPS) is 11.4. The molecule has 0 aliphatic rings. The van der Waals surface area contributed by atoms with Gasteiger partial charge in [0.2, 0.25) is 0 Å². The van der Waals surface area contributed by atoms with Gasteiger partial charge >= 0.3 is 0 Å². The Bertz CT molecular complexity index is 1150. The van der Waals surface area contributed by atoms with Crippen LogP contribution in [0.2, 0.25) is 0 Å². The number of hydrazone groups is 1.